The highest BCUT2D eigenvalue weighted by Crippen LogP contribution is 2.35. The zero-order valence-corrected chi connectivity index (χ0v) is 17.3. The first-order valence-electron chi connectivity index (χ1n) is 9.54. The van der Waals surface area contributed by atoms with E-state index in [-0.39, 0.29) is 25.8 Å². The van der Waals surface area contributed by atoms with Gasteiger partial charge in [0, 0.05) is 38.8 Å². The second-order valence-electron chi connectivity index (χ2n) is 6.94. The smallest absolute Gasteiger partial charge is 0.231 e. The zero-order chi connectivity index (χ0) is 19.3. The second kappa shape index (κ2) is 9.91. The topological polar surface area (TPSA) is 63.6 Å². The number of aliphatic hydroxyl groups is 1. The number of benzene rings is 2. The van der Waals surface area contributed by atoms with E-state index in [0.29, 0.717) is 18.0 Å². The van der Waals surface area contributed by atoms with Crippen LogP contribution in [0.15, 0.2) is 42.5 Å². The van der Waals surface area contributed by atoms with Crippen molar-refractivity contribution >= 4 is 18.1 Å². The minimum atomic E-state index is -0.553. The van der Waals surface area contributed by atoms with Crippen molar-refractivity contribution in [2.75, 3.05) is 58.1 Å². The molecule has 0 radical (unpaired) electrons. The molecule has 7 nitrogen and oxygen atoms in total. The molecule has 2 aromatic carbocycles. The molecule has 2 heterocycles. The van der Waals surface area contributed by atoms with Crippen LogP contribution in [0, 0.1) is 0 Å². The molecule has 2 aliphatic rings. The van der Waals surface area contributed by atoms with Crippen molar-refractivity contribution in [3.8, 4) is 23.0 Å². The normalized spacial score (nSPS) is 16.8. The maximum atomic E-state index is 10.4. The van der Waals surface area contributed by atoms with E-state index in [1.165, 1.54) is 0 Å². The predicted octanol–water partition coefficient (Wildman–Crippen LogP) is 2.41. The molecule has 0 bridgehead atoms. The number of rotatable bonds is 7. The highest BCUT2D eigenvalue weighted by Gasteiger charge is 2.21. The van der Waals surface area contributed by atoms with Gasteiger partial charge in [-0.05, 0) is 24.3 Å². The summed E-state index contributed by atoms with van der Waals surface area (Å²) in [7, 11) is 1.70. The number of piperazine rings is 1. The van der Waals surface area contributed by atoms with Crippen LogP contribution in [-0.2, 0) is 0 Å². The van der Waals surface area contributed by atoms with Gasteiger partial charge in [0.25, 0.3) is 0 Å². The van der Waals surface area contributed by atoms with Gasteiger partial charge in [-0.3, -0.25) is 4.90 Å². The summed E-state index contributed by atoms with van der Waals surface area (Å²) in [6.45, 7) is 4.64. The summed E-state index contributed by atoms with van der Waals surface area (Å²) < 4.78 is 21.8. The van der Waals surface area contributed by atoms with Gasteiger partial charge in [0.15, 0.2) is 11.5 Å². The van der Waals surface area contributed by atoms with Gasteiger partial charge in [0.1, 0.15) is 24.2 Å². The number of halogens is 1. The number of para-hydroxylation sites is 2. The third kappa shape index (κ3) is 5.18. The molecular formula is C21H27ClN2O5. The van der Waals surface area contributed by atoms with Crippen molar-refractivity contribution in [2.45, 2.75) is 6.10 Å². The Morgan fingerprint density at radius 1 is 1.03 bits per heavy atom. The van der Waals surface area contributed by atoms with Gasteiger partial charge >= 0.3 is 0 Å². The fraction of sp³-hybridized carbons (Fsp3) is 0.429. The average molecular weight is 423 g/mol. The van der Waals surface area contributed by atoms with Crippen LogP contribution in [0.3, 0.4) is 0 Å². The van der Waals surface area contributed by atoms with Crippen molar-refractivity contribution in [1.82, 2.24) is 4.90 Å². The van der Waals surface area contributed by atoms with E-state index < -0.39 is 6.10 Å². The molecule has 1 fully saturated rings. The molecule has 4 rings (SSSR count). The largest absolute Gasteiger partial charge is 0.495 e. The highest BCUT2D eigenvalue weighted by atomic mass is 35.5. The van der Waals surface area contributed by atoms with Gasteiger partial charge < -0.3 is 29.0 Å². The molecule has 0 amide bonds. The average Bonchev–Trinajstić information content (AvgIpc) is 3.21. The Balaban J connectivity index is 0.00000240. The van der Waals surface area contributed by atoms with Crippen LogP contribution in [-0.4, -0.2) is 69.3 Å². The van der Waals surface area contributed by atoms with E-state index in [9.17, 15) is 5.11 Å². The number of methoxy groups -OCH3 is 1. The van der Waals surface area contributed by atoms with Gasteiger partial charge in [0.05, 0.1) is 12.8 Å². The maximum Gasteiger partial charge on any atom is 0.231 e. The van der Waals surface area contributed by atoms with Crippen LogP contribution in [0.5, 0.6) is 23.0 Å². The Morgan fingerprint density at radius 3 is 2.59 bits per heavy atom. The minimum Gasteiger partial charge on any atom is -0.495 e. The van der Waals surface area contributed by atoms with Gasteiger partial charge in [0.2, 0.25) is 6.79 Å². The molecule has 1 N–H and O–H groups in total. The Morgan fingerprint density at radius 2 is 1.79 bits per heavy atom. The summed E-state index contributed by atoms with van der Waals surface area (Å²) in [5.74, 6) is 2.97. The van der Waals surface area contributed by atoms with E-state index in [4.69, 9.17) is 18.9 Å². The van der Waals surface area contributed by atoms with E-state index in [0.717, 1.165) is 43.4 Å². The van der Waals surface area contributed by atoms with E-state index >= 15 is 0 Å². The molecule has 0 spiro atoms. The Kier molecular flexibility index (Phi) is 7.30. The number of hydrogen-bond acceptors (Lipinski definition) is 7. The standard InChI is InChI=1S/C21H26N2O5.ClH/c1-25-19-5-3-2-4-18(19)23-10-8-22(9-11-23)13-16(24)14-26-17-6-7-20-21(12-17)28-15-27-20;/h2-7,12,16,24H,8-11,13-15H2,1H3;1H. The van der Waals surface area contributed by atoms with Gasteiger partial charge in [-0.1, -0.05) is 12.1 Å². The van der Waals surface area contributed by atoms with Crippen molar-refractivity contribution in [1.29, 1.82) is 0 Å². The number of anilines is 1. The SMILES string of the molecule is COc1ccccc1N1CCN(CC(O)COc2ccc3c(c2)OCO3)CC1.Cl. The predicted molar refractivity (Wildman–Crippen MR) is 113 cm³/mol. The lowest BCUT2D eigenvalue weighted by atomic mass is 10.2. The zero-order valence-electron chi connectivity index (χ0n) is 16.5. The first kappa shape index (κ1) is 21.4. The third-order valence-electron chi connectivity index (χ3n) is 5.05. The summed E-state index contributed by atoms with van der Waals surface area (Å²) in [4.78, 5) is 4.59. The van der Waals surface area contributed by atoms with Crippen molar-refractivity contribution in [3.63, 3.8) is 0 Å². The van der Waals surface area contributed by atoms with Crippen molar-refractivity contribution in [3.05, 3.63) is 42.5 Å². The third-order valence-corrected chi connectivity index (χ3v) is 5.05. The number of hydrogen-bond donors (Lipinski definition) is 1. The first-order chi connectivity index (χ1) is 13.7. The molecule has 2 aromatic rings. The van der Waals surface area contributed by atoms with Gasteiger partial charge in [-0.15, -0.1) is 12.4 Å². The molecule has 1 unspecified atom stereocenters. The molecule has 0 aliphatic carbocycles. The highest BCUT2D eigenvalue weighted by molar-refractivity contribution is 5.85. The van der Waals surface area contributed by atoms with Crippen LogP contribution < -0.4 is 23.8 Å². The van der Waals surface area contributed by atoms with Crippen LogP contribution in [0.1, 0.15) is 0 Å². The Labute approximate surface area is 177 Å². The monoisotopic (exact) mass is 422 g/mol. The molecule has 29 heavy (non-hydrogen) atoms. The lowest BCUT2D eigenvalue weighted by molar-refractivity contribution is 0.0662. The fourth-order valence-electron chi connectivity index (χ4n) is 3.57. The Hall–Kier alpha value is -2.35. The van der Waals surface area contributed by atoms with Crippen LogP contribution in [0.2, 0.25) is 0 Å². The first-order valence-corrected chi connectivity index (χ1v) is 9.54. The molecular weight excluding hydrogens is 396 g/mol. The number of fused-ring (bicyclic) bond motifs is 1. The molecule has 158 valence electrons. The minimum absolute atomic E-state index is 0. The van der Waals surface area contributed by atoms with E-state index in [2.05, 4.69) is 15.9 Å². The lowest BCUT2D eigenvalue weighted by Crippen LogP contribution is -2.49. The number of aliphatic hydroxyl groups excluding tert-OH is 1. The molecule has 8 heteroatoms. The van der Waals surface area contributed by atoms with Crippen molar-refractivity contribution in [2.24, 2.45) is 0 Å². The lowest BCUT2D eigenvalue weighted by Gasteiger charge is -2.37. The van der Waals surface area contributed by atoms with Crippen LogP contribution >= 0.6 is 12.4 Å². The molecule has 1 saturated heterocycles. The molecule has 1 atom stereocenters. The number of ether oxygens (including phenoxy) is 4. The summed E-state index contributed by atoms with van der Waals surface area (Å²) >= 11 is 0. The Bertz CT molecular complexity index is 798. The second-order valence-corrected chi connectivity index (χ2v) is 6.94. The number of nitrogens with zero attached hydrogens (tertiary/aromatic N) is 2. The van der Waals surface area contributed by atoms with E-state index in [1.54, 1.807) is 13.2 Å². The molecule has 2 aliphatic heterocycles. The van der Waals surface area contributed by atoms with E-state index in [1.807, 2.05) is 30.3 Å². The number of β-amino-alcohol motifs (C(OH)–C–C–N with tert-alkyl or cyclic N) is 1. The van der Waals surface area contributed by atoms with Crippen LogP contribution in [0.25, 0.3) is 0 Å². The van der Waals surface area contributed by atoms with Gasteiger partial charge in [-0.2, -0.15) is 0 Å². The summed E-state index contributed by atoms with van der Waals surface area (Å²) in [5, 5.41) is 10.4. The molecule has 0 aromatic heterocycles. The maximum absolute atomic E-state index is 10.4. The van der Waals surface area contributed by atoms with Crippen LogP contribution in [0.4, 0.5) is 5.69 Å². The fourth-order valence-corrected chi connectivity index (χ4v) is 3.57. The quantitative estimate of drug-likeness (QED) is 0.735. The summed E-state index contributed by atoms with van der Waals surface area (Å²) in [6.07, 6.45) is -0.553. The molecule has 0 saturated carbocycles. The summed E-state index contributed by atoms with van der Waals surface area (Å²) in [5.41, 5.74) is 1.12. The van der Waals surface area contributed by atoms with Crippen molar-refractivity contribution < 1.29 is 24.1 Å². The summed E-state index contributed by atoms with van der Waals surface area (Å²) in [6, 6.07) is 13.5. The van der Waals surface area contributed by atoms with Gasteiger partial charge in [-0.25, -0.2) is 0 Å².